The van der Waals surface area contributed by atoms with E-state index in [0.717, 1.165) is 18.7 Å². The summed E-state index contributed by atoms with van der Waals surface area (Å²) in [5, 5.41) is 5.12. The summed E-state index contributed by atoms with van der Waals surface area (Å²) in [5.41, 5.74) is 7.02. The maximum atomic E-state index is 6.20. The number of nitrogens with zero attached hydrogens (tertiary/aromatic N) is 2. The third-order valence-corrected chi connectivity index (χ3v) is 2.65. The van der Waals surface area contributed by atoms with Gasteiger partial charge in [0, 0.05) is 6.54 Å². The van der Waals surface area contributed by atoms with Crippen LogP contribution in [0.5, 0.6) is 0 Å². The number of rotatable bonds is 3. The Kier molecular flexibility index (Phi) is 3.89. The molecule has 16 heavy (non-hydrogen) atoms. The second-order valence-electron chi connectivity index (χ2n) is 5.96. The Hall–Kier alpha value is -0.700. The molecule has 0 aliphatic heterocycles. The van der Waals surface area contributed by atoms with Crippen LogP contribution in [-0.4, -0.2) is 9.78 Å². The summed E-state index contributed by atoms with van der Waals surface area (Å²) in [7, 11) is 0. The summed E-state index contributed by atoms with van der Waals surface area (Å²) >= 11 is 6.20. The molecule has 0 fully saturated rings. The topological polar surface area (TPSA) is 43.8 Å². The van der Waals surface area contributed by atoms with Crippen LogP contribution in [0.2, 0.25) is 5.02 Å². The van der Waals surface area contributed by atoms with E-state index < -0.39 is 0 Å². The molecule has 0 bridgehead atoms. The van der Waals surface area contributed by atoms with Crippen LogP contribution in [0.4, 0.5) is 5.82 Å². The summed E-state index contributed by atoms with van der Waals surface area (Å²) in [6, 6.07) is 0. The average Bonchev–Trinajstić information content (AvgIpc) is 2.30. The van der Waals surface area contributed by atoms with Crippen molar-refractivity contribution in [2.24, 2.45) is 11.3 Å². The lowest BCUT2D eigenvalue weighted by molar-refractivity contribution is 0.400. The lowest BCUT2D eigenvalue weighted by Gasteiger charge is -2.16. The van der Waals surface area contributed by atoms with Crippen LogP contribution < -0.4 is 5.73 Å². The third kappa shape index (κ3) is 3.41. The third-order valence-electron chi connectivity index (χ3n) is 2.23. The van der Waals surface area contributed by atoms with Gasteiger partial charge in [-0.2, -0.15) is 5.10 Å². The molecule has 92 valence electrons. The molecule has 0 saturated heterocycles. The van der Waals surface area contributed by atoms with E-state index in [1.165, 1.54) is 0 Å². The van der Waals surface area contributed by atoms with Crippen LogP contribution in [-0.2, 0) is 13.0 Å². The van der Waals surface area contributed by atoms with E-state index in [-0.39, 0.29) is 5.41 Å². The van der Waals surface area contributed by atoms with Crippen molar-refractivity contribution in [3.63, 3.8) is 0 Å². The molecule has 0 unspecified atom stereocenters. The first-order valence-electron chi connectivity index (χ1n) is 5.71. The maximum absolute atomic E-state index is 6.20. The summed E-state index contributed by atoms with van der Waals surface area (Å²) in [4.78, 5) is 0. The van der Waals surface area contributed by atoms with E-state index >= 15 is 0 Å². The van der Waals surface area contributed by atoms with Crippen LogP contribution in [0, 0.1) is 11.3 Å². The van der Waals surface area contributed by atoms with Gasteiger partial charge in [0.2, 0.25) is 0 Å². The Morgan fingerprint density at radius 2 is 1.94 bits per heavy atom. The Bertz CT molecular complexity index is 361. The molecule has 0 aliphatic rings. The molecule has 0 amide bonds. The second-order valence-corrected chi connectivity index (χ2v) is 6.34. The number of nitrogen functional groups attached to an aromatic ring is 1. The van der Waals surface area contributed by atoms with E-state index in [1.807, 2.05) is 4.68 Å². The molecular weight excluding hydrogens is 222 g/mol. The highest BCUT2D eigenvalue weighted by Gasteiger charge is 2.20. The van der Waals surface area contributed by atoms with Gasteiger partial charge in [-0.3, -0.25) is 0 Å². The molecule has 0 spiro atoms. The number of anilines is 1. The SMILES string of the molecule is CC(C)Cn1nc(CC(C)(C)C)c(Cl)c1N. The summed E-state index contributed by atoms with van der Waals surface area (Å²) in [6.45, 7) is 11.6. The van der Waals surface area contributed by atoms with Crippen molar-refractivity contribution in [3.05, 3.63) is 10.7 Å². The molecule has 1 aromatic heterocycles. The van der Waals surface area contributed by atoms with Crippen molar-refractivity contribution in [2.45, 2.75) is 47.6 Å². The van der Waals surface area contributed by atoms with Crippen LogP contribution >= 0.6 is 11.6 Å². The first-order chi connectivity index (χ1) is 7.20. The minimum absolute atomic E-state index is 0.174. The minimum atomic E-state index is 0.174. The van der Waals surface area contributed by atoms with E-state index in [9.17, 15) is 0 Å². The molecule has 2 N–H and O–H groups in total. The lowest BCUT2D eigenvalue weighted by Crippen LogP contribution is -2.12. The molecule has 4 heteroatoms. The Labute approximate surface area is 103 Å². The number of hydrogen-bond donors (Lipinski definition) is 1. The average molecular weight is 244 g/mol. The lowest BCUT2D eigenvalue weighted by atomic mass is 9.91. The smallest absolute Gasteiger partial charge is 0.140 e. The van der Waals surface area contributed by atoms with E-state index in [0.29, 0.717) is 16.8 Å². The van der Waals surface area contributed by atoms with Crippen LogP contribution in [0.15, 0.2) is 0 Å². The zero-order chi connectivity index (χ0) is 12.5. The maximum Gasteiger partial charge on any atom is 0.140 e. The second kappa shape index (κ2) is 4.66. The number of halogens is 1. The van der Waals surface area contributed by atoms with Crippen molar-refractivity contribution in [2.75, 3.05) is 5.73 Å². The van der Waals surface area contributed by atoms with Gasteiger partial charge in [-0.15, -0.1) is 0 Å². The Morgan fingerprint density at radius 1 is 1.38 bits per heavy atom. The molecule has 0 aromatic carbocycles. The number of hydrogen-bond acceptors (Lipinski definition) is 2. The highest BCUT2D eigenvalue weighted by atomic mass is 35.5. The van der Waals surface area contributed by atoms with Gasteiger partial charge < -0.3 is 5.73 Å². The monoisotopic (exact) mass is 243 g/mol. The van der Waals surface area contributed by atoms with Crippen LogP contribution in [0.1, 0.15) is 40.3 Å². The van der Waals surface area contributed by atoms with Gasteiger partial charge in [-0.05, 0) is 17.8 Å². The molecule has 0 aliphatic carbocycles. The van der Waals surface area contributed by atoms with Gasteiger partial charge >= 0.3 is 0 Å². The number of nitrogens with two attached hydrogens (primary N) is 1. The van der Waals surface area contributed by atoms with E-state index in [1.54, 1.807) is 0 Å². The molecule has 1 aromatic rings. The van der Waals surface area contributed by atoms with Gasteiger partial charge in [0.05, 0.1) is 5.69 Å². The molecule has 0 saturated carbocycles. The largest absolute Gasteiger partial charge is 0.383 e. The first-order valence-corrected chi connectivity index (χ1v) is 6.09. The zero-order valence-electron chi connectivity index (χ0n) is 10.8. The van der Waals surface area contributed by atoms with E-state index in [2.05, 4.69) is 39.7 Å². The molecule has 1 rings (SSSR count). The van der Waals surface area contributed by atoms with Crippen molar-refractivity contribution >= 4 is 17.4 Å². The van der Waals surface area contributed by atoms with E-state index in [4.69, 9.17) is 17.3 Å². The molecule has 0 atom stereocenters. The van der Waals surface area contributed by atoms with Gasteiger partial charge in [-0.1, -0.05) is 46.2 Å². The van der Waals surface area contributed by atoms with Crippen molar-refractivity contribution in [1.29, 1.82) is 0 Å². The standard InChI is InChI=1S/C12H22ClN3/c1-8(2)7-16-11(14)10(13)9(15-16)6-12(3,4)5/h8H,6-7,14H2,1-5H3. The van der Waals surface area contributed by atoms with Crippen molar-refractivity contribution < 1.29 is 0 Å². The summed E-state index contributed by atoms with van der Waals surface area (Å²) in [6.07, 6.45) is 0.848. The number of aromatic nitrogens is 2. The predicted octanol–water partition coefficient (Wildman–Crippen LogP) is 3.36. The fourth-order valence-electron chi connectivity index (χ4n) is 1.60. The summed E-state index contributed by atoms with van der Waals surface area (Å²) < 4.78 is 1.81. The van der Waals surface area contributed by atoms with Crippen molar-refractivity contribution in [3.8, 4) is 0 Å². The fraction of sp³-hybridized carbons (Fsp3) is 0.750. The molecule has 3 nitrogen and oxygen atoms in total. The van der Waals surface area contributed by atoms with Gasteiger partial charge in [0.25, 0.3) is 0 Å². The first kappa shape index (κ1) is 13.4. The normalized spacial score (nSPS) is 12.4. The molecular formula is C12H22ClN3. The Balaban J connectivity index is 2.96. The van der Waals surface area contributed by atoms with Gasteiger partial charge in [-0.25, -0.2) is 4.68 Å². The van der Waals surface area contributed by atoms with Gasteiger partial charge in [0.15, 0.2) is 0 Å². The highest BCUT2D eigenvalue weighted by Crippen LogP contribution is 2.29. The Morgan fingerprint density at radius 3 is 2.38 bits per heavy atom. The predicted molar refractivity (Wildman–Crippen MR) is 69.6 cm³/mol. The summed E-state index contributed by atoms with van der Waals surface area (Å²) in [5.74, 6) is 1.11. The van der Waals surface area contributed by atoms with Gasteiger partial charge in [0.1, 0.15) is 10.8 Å². The van der Waals surface area contributed by atoms with Crippen molar-refractivity contribution in [1.82, 2.24) is 9.78 Å². The zero-order valence-corrected chi connectivity index (χ0v) is 11.6. The fourth-order valence-corrected chi connectivity index (χ4v) is 1.81. The highest BCUT2D eigenvalue weighted by molar-refractivity contribution is 6.33. The minimum Gasteiger partial charge on any atom is -0.383 e. The van der Waals surface area contributed by atoms with Crippen LogP contribution in [0.25, 0.3) is 0 Å². The quantitative estimate of drug-likeness (QED) is 0.885. The molecule has 0 radical (unpaired) electrons. The van der Waals surface area contributed by atoms with Crippen LogP contribution in [0.3, 0.4) is 0 Å². The molecule has 1 heterocycles.